The highest BCUT2D eigenvalue weighted by atomic mass is 16.5. The summed E-state index contributed by atoms with van der Waals surface area (Å²) < 4.78 is 10.4. The third-order valence-corrected chi connectivity index (χ3v) is 2.17. The van der Waals surface area contributed by atoms with Gasteiger partial charge in [0.25, 0.3) is 0 Å². The molecule has 1 heterocycles. The minimum Gasteiger partial charge on any atom is -0.497 e. The fraction of sp³-hybridized carbons (Fsp3) is 0.0833. The van der Waals surface area contributed by atoms with E-state index >= 15 is 0 Å². The van der Waals surface area contributed by atoms with E-state index in [2.05, 4.69) is 9.97 Å². The van der Waals surface area contributed by atoms with E-state index in [-0.39, 0.29) is 11.7 Å². The lowest BCUT2D eigenvalue weighted by atomic mass is 10.3. The summed E-state index contributed by atoms with van der Waals surface area (Å²) >= 11 is 0. The predicted molar refractivity (Wildman–Crippen MR) is 64.2 cm³/mol. The van der Waals surface area contributed by atoms with Gasteiger partial charge in [-0.25, -0.2) is 4.98 Å². The van der Waals surface area contributed by atoms with Crippen LogP contribution >= 0.6 is 0 Å². The first kappa shape index (κ1) is 11.7. The lowest BCUT2D eigenvalue weighted by Gasteiger charge is -2.08. The topological polar surface area (TPSA) is 94.0 Å². The van der Waals surface area contributed by atoms with Crippen LogP contribution in [0.15, 0.2) is 30.5 Å². The number of nitriles is 1. The molecule has 0 aliphatic rings. The van der Waals surface area contributed by atoms with Crippen LogP contribution in [0.5, 0.6) is 17.5 Å². The maximum absolute atomic E-state index is 8.71. The van der Waals surface area contributed by atoms with Crippen LogP contribution in [0.4, 0.5) is 5.69 Å². The number of methoxy groups -OCH3 is 1. The Kier molecular flexibility index (Phi) is 3.25. The Labute approximate surface area is 104 Å². The molecule has 0 aliphatic carbocycles. The largest absolute Gasteiger partial charge is 0.497 e. The highest BCUT2D eigenvalue weighted by Gasteiger charge is 2.06. The van der Waals surface area contributed by atoms with E-state index < -0.39 is 0 Å². The third-order valence-electron chi connectivity index (χ3n) is 2.17. The number of benzene rings is 1. The molecule has 0 spiro atoms. The molecule has 0 radical (unpaired) electrons. The van der Waals surface area contributed by atoms with Crippen LogP contribution < -0.4 is 15.2 Å². The fourth-order valence-electron chi connectivity index (χ4n) is 1.30. The molecule has 18 heavy (non-hydrogen) atoms. The van der Waals surface area contributed by atoms with Crippen molar-refractivity contribution in [3.63, 3.8) is 0 Å². The predicted octanol–water partition coefficient (Wildman–Crippen LogP) is 1.73. The van der Waals surface area contributed by atoms with Crippen molar-refractivity contribution < 1.29 is 9.47 Å². The second kappa shape index (κ2) is 5.01. The van der Waals surface area contributed by atoms with Crippen LogP contribution in [0.25, 0.3) is 0 Å². The maximum atomic E-state index is 8.71. The number of nitrogens with zero attached hydrogens (tertiary/aromatic N) is 3. The second-order valence-electron chi connectivity index (χ2n) is 3.34. The third kappa shape index (κ3) is 2.47. The molecule has 2 aromatic rings. The summed E-state index contributed by atoms with van der Waals surface area (Å²) in [6, 6.07) is 8.45. The molecule has 0 fully saturated rings. The molecule has 0 amide bonds. The molecule has 0 aliphatic heterocycles. The zero-order valence-corrected chi connectivity index (χ0v) is 9.62. The van der Waals surface area contributed by atoms with Crippen LogP contribution in [0, 0.1) is 11.3 Å². The molecule has 2 N–H and O–H groups in total. The Hall–Kier alpha value is -2.81. The van der Waals surface area contributed by atoms with Gasteiger partial charge in [-0.2, -0.15) is 10.2 Å². The van der Waals surface area contributed by atoms with E-state index in [1.807, 2.05) is 6.07 Å². The second-order valence-corrected chi connectivity index (χ2v) is 3.34. The van der Waals surface area contributed by atoms with Gasteiger partial charge in [-0.3, -0.25) is 0 Å². The number of nitrogens with two attached hydrogens (primary N) is 1. The Bertz CT molecular complexity index is 607. The van der Waals surface area contributed by atoms with Gasteiger partial charge in [0.1, 0.15) is 17.5 Å². The first-order chi connectivity index (χ1) is 8.72. The molecule has 1 aromatic heterocycles. The van der Waals surface area contributed by atoms with Crippen molar-refractivity contribution in [3.8, 4) is 23.6 Å². The fourth-order valence-corrected chi connectivity index (χ4v) is 1.30. The van der Waals surface area contributed by atoms with Gasteiger partial charge in [0.15, 0.2) is 5.75 Å². The van der Waals surface area contributed by atoms with Gasteiger partial charge in [-0.05, 0) is 18.2 Å². The van der Waals surface area contributed by atoms with E-state index in [1.165, 1.54) is 12.3 Å². The van der Waals surface area contributed by atoms with E-state index in [0.717, 1.165) is 0 Å². The van der Waals surface area contributed by atoms with Crippen LogP contribution in [-0.2, 0) is 0 Å². The number of nitrogen functional groups attached to an aromatic ring is 1. The number of ether oxygens (including phenoxy) is 2. The summed E-state index contributed by atoms with van der Waals surface area (Å²) in [5, 5.41) is 8.71. The highest BCUT2D eigenvalue weighted by molar-refractivity contribution is 5.56. The van der Waals surface area contributed by atoms with Crippen molar-refractivity contribution in [2.75, 3.05) is 12.8 Å². The minimum absolute atomic E-state index is 0.0749. The lowest BCUT2D eigenvalue weighted by Crippen LogP contribution is -1.97. The summed E-state index contributed by atoms with van der Waals surface area (Å²) in [6.45, 7) is 0. The van der Waals surface area contributed by atoms with Crippen molar-refractivity contribution >= 4 is 5.69 Å². The van der Waals surface area contributed by atoms with Gasteiger partial charge >= 0.3 is 6.01 Å². The van der Waals surface area contributed by atoms with E-state index in [9.17, 15) is 0 Å². The summed E-state index contributed by atoms with van der Waals surface area (Å²) in [5.74, 6) is 1.04. The van der Waals surface area contributed by atoms with Crippen molar-refractivity contribution in [1.82, 2.24) is 9.97 Å². The molecule has 0 bridgehead atoms. The zero-order chi connectivity index (χ0) is 13.0. The number of rotatable bonds is 3. The molecule has 2 rings (SSSR count). The highest BCUT2D eigenvalue weighted by Crippen LogP contribution is 2.28. The molecule has 90 valence electrons. The SMILES string of the molecule is COc1ccc(Oc2nccc(C#N)n2)c(N)c1. The van der Waals surface area contributed by atoms with Gasteiger partial charge in [0.05, 0.1) is 12.8 Å². The molecule has 0 saturated heterocycles. The number of anilines is 1. The van der Waals surface area contributed by atoms with Crippen LogP contribution in [-0.4, -0.2) is 17.1 Å². The summed E-state index contributed by atoms with van der Waals surface area (Å²) in [6.07, 6.45) is 1.45. The Balaban J connectivity index is 2.26. The molecular weight excluding hydrogens is 232 g/mol. The van der Waals surface area contributed by atoms with Crippen molar-refractivity contribution in [2.45, 2.75) is 0 Å². The van der Waals surface area contributed by atoms with Gasteiger partial charge in [-0.15, -0.1) is 0 Å². The standard InChI is InChI=1S/C12H10N4O2/c1-17-9-2-3-11(10(14)6-9)18-12-15-5-4-8(7-13)16-12/h2-6H,14H2,1H3. The Morgan fingerprint density at radius 2 is 2.17 bits per heavy atom. The molecule has 6 heteroatoms. The average molecular weight is 242 g/mol. The molecule has 0 saturated carbocycles. The van der Waals surface area contributed by atoms with E-state index in [1.54, 1.807) is 25.3 Å². The van der Waals surface area contributed by atoms with Crippen LogP contribution in [0.1, 0.15) is 5.69 Å². The molecule has 1 aromatic carbocycles. The van der Waals surface area contributed by atoms with E-state index in [4.69, 9.17) is 20.5 Å². The number of hydrogen-bond donors (Lipinski definition) is 1. The quantitative estimate of drug-likeness (QED) is 0.823. The smallest absolute Gasteiger partial charge is 0.323 e. The first-order valence-electron chi connectivity index (χ1n) is 5.07. The van der Waals surface area contributed by atoms with Crippen LogP contribution in [0.2, 0.25) is 0 Å². The normalized spacial score (nSPS) is 9.56. The summed E-state index contributed by atoms with van der Waals surface area (Å²) in [7, 11) is 1.55. The van der Waals surface area contributed by atoms with Gasteiger partial charge < -0.3 is 15.2 Å². The van der Waals surface area contributed by atoms with Crippen molar-refractivity contribution in [1.29, 1.82) is 5.26 Å². The average Bonchev–Trinajstić information content (AvgIpc) is 2.41. The van der Waals surface area contributed by atoms with Gasteiger partial charge in [0, 0.05) is 12.3 Å². The number of hydrogen-bond acceptors (Lipinski definition) is 6. The Morgan fingerprint density at radius 3 is 2.83 bits per heavy atom. The van der Waals surface area contributed by atoms with Gasteiger partial charge in [0.2, 0.25) is 0 Å². The Morgan fingerprint density at radius 1 is 1.33 bits per heavy atom. The molecule has 0 unspecified atom stereocenters. The maximum Gasteiger partial charge on any atom is 0.323 e. The summed E-state index contributed by atoms with van der Waals surface area (Å²) in [5.41, 5.74) is 6.42. The van der Waals surface area contributed by atoms with Gasteiger partial charge in [-0.1, -0.05) is 0 Å². The van der Waals surface area contributed by atoms with Crippen molar-refractivity contribution in [3.05, 3.63) is 36.2 Å². The molecule has 6 nitrogen and oxygen atoms in total. The first-order valence-corrected chi connectivity index (χ1v) is 5.07. The van der Waals surface area contributed by atoms with Crippen LogP contribution in [0.3, 0.4) is 0 Å². The van der Waals surface area contributed by atoms with Crippen molar-refractivity contribution in [2.24, 2.45) is 0 Å². The molecular formula is C12H10N4O2. The monoisotopic (exact) mass is 242 g/mol. The zero-order valence-electron chi connectivity index (χ0n) is 9.62. The summed E-state index contributed by atoms with van der Waals surface area (Å²) in [4.78, 5) is 7.78. The lowest BCUT2D eigenvalue weighted by molar-refractivity contribution is 0.411. The minimum atomic E-state index is 0.0749. The molecule has 0 atom stereocenters. The van der Waals surface area contributed by atoms with E-state index in [0.29, 0.717) is 17.2 Å². The number of aromatic nitrogens is 2.